The monoisotopic (exact) mass is 214 g/mol. The third-order valence-corrected chi connectivity index (χ3v) is 2.17. The van der Waals surface area contributed by atoms with Gasteiger partial charge in [0.25, 0.3) is 0 Å². The lowest BCUT2D eigenvalue weighted by Gasteiger charge is -2.19. The third-order valence-electron chi connectivity index (χ3n) is 1.90. The highest BCUT2D eigenvalue weighted by Gasteiger charge is 2.22. The van der Waals surface area contributed by atoms with Gasteiger partial charge in [-0.1, -0.05) is 11.2 Å². The van der Waals surface area contributed by atoms with Crippen LogP contribution in [0.3, 0.4) is 0 Å². The van der Waals surface area contributed by atoms with Crippen molar-refractivity contribution in [3.05, 3.63) is 30.1 Å². The van der Waals surface area contributed by atoms with Crippen molar-refractivity contribution in [2.45, 2.75) is 6.23 Å². The summed E-state index contributed by atoms with van der Waals surface area (Å²) in [6.07, 6.45) is 1.14. The standard InChI is InChI=1S/C9H8ClFN2O/c10-5-9-13(6-12-14-9)8-3-1-2-7(11)4-8/h1-4,6,9H,5H2. The van der Waals surface area contributed by atoms with Gasteiger partial charge in [0.15, 0.2) is 0 Å². The van der Waals surface area contributed by atoms with Gasteiger partial charge in [0.1, 0.15) is 12.2 Å². The van der Waals surface area contributed by atoms with Gasteiger partial charge in [0.05, 0.1) is 5.88 Å². The second-order valence-electron chi connectivity index (χ2n) is 2.82. The van der Waals surface area contributed by atoms with Crippen molar-refractivity contribution in [2.75, 3.05) is 10.8 Å². The lowest BCUT2D eigenvalue weighted by Crippen LogP contribution is -2.31. The molecule has 0 radical (unpaired) electrons. The maximum Gasteiger partial charge on any atom is 0.218 e. The Morgan fingerprint density at radius 2 is 2.43 bits per heavy atom. The van der Waals surface area contributed by atoms with E-state index >= 15 is 0 Å². The summed E-state index contributed by atoms with van der Waals surface area (Å²) in [6, 6.07) is 6.18. The van der Waals surface area contributed by atoms with Crippen molar-refractivity contribution in [1.29, 1.82) is 0 Å². The van der Waals surface area contributed by atoms with Crippen molar-refractivity contribution in [3.8, 4) is 0 Å². The molecular formula is C9H8ClFN2O. The van der Waals surface area contributed by atoms with E-state index in [0.717, 1.165) is 0 Å². The van der Waals surface area contributed by atoms with Crippen LogP contribution >= 0.6 is 11.6 Å². The fourth-order valence-electron chi connectivity index (χ4n) is 1.25. The Morgan fingerprint density at radius 3 is 3.14 bits per heavy atom. The molecule has 0 saturated heterocycles. The molecule has 0 aliphatic carbocycles. The SMILES string of the molecule is Fc1cccc(N2C=NOC2CCl)c1. The van der Waals surface area contributed by atoms with E-state index in [4.69, 9.17) is 16.4 Å². The normalized spacial score (nSPS) is 19.9. The maximum atomic E-state index is 12.9. The first-order valence-corrected chi connectivity index (χ1v) is 4.64. The molecule has 1 aromatic carbocycles. The zero-order chi connectivity index (χ0) is 9.97. The van der Waals surface area contributed by atoms with Gasteiger partial charge in [0.2, 0.25) is 6.23 Å². The van der Waals surface area contributed by atoms with Crippen LogP contribution < -0.4 is 4.90 Å². The van der Waals surface area contributed by atoms with Crippen molar-refractivity contribution in [2.24, 2.45) is 5.16 Å². The maximum absolute atomic E-state index is 12.9. The molecule has 1 heterocycles. The molecule has 0 aromatic heterocycles. The molecule has 14 heavy (non-hydrogen) atoms. The highest BCUT2D eigenvalue weighted by Crippen LogP contribution is 2.20. The molecule has 5 heteroatoms. The van der Waals surface area contributed by atoms with Crippen molar-refractivity contribution in [1.82, 2.24) is 0 Å². The lowest BCUT2D eigenvalue weighted by atomic mass is 10.3. The molecule has 1 aliphatic heterocycles. The Bertz CT molecular complexity index is 358. The molecule has 0 saturated carbocycles. The Hall–Kier alpha value is -1.29. The minimum Gasteiger partial charge on any atom is -0.367 e. The van der Waals surface area contributed by atoms with Gasteiger partial charge in [0, 0.05) is 5.69 Å². The molecule has 74 valence electrons. The van der Waals surface area contributed by atoms with Crippen LogP contribution in [0.4, 0.5) is 10.1 Å². The Balaban J connectivity index is 2.26. The number of rotatable bonds is 2. The molecule has 0 fully saturated rings. The van der Waals surface area contributed by atoms with E-state index in [-0.39, 0.29) is 17.9 Å². The van der Waals surface area contributed by atoms with Crippen LogP contribution in [0.2, 0.25) is 0 Å². The quantitative estimate of drug-likeness (QED) is 0.705. The molecule has 0 amide bonds. The molecule has 1 aromatic rings. The van der Waals surface area contributed by atoms with Gasteiger partial charge < -0.3 is 4.84 Å². The highest BCUT2D eigenvalue weighted by molar-refractivity contribution is 6.18. The van der Waals surface area contributed by atoms with Gasteiger partial charge in [-0.25, -0.2) is 4.39 Å². The van der Waals surface area contributed by atoms with Crippen LogP contribution in [0.25, 0.3) is 0 Å². The topological polar surface area (TPSA) is 24.8 Å². The van der Waals surface area contributed by atoms with Crippen LogP contribution in [0.5, 0.6) is 0 Å². The minimum atomic E-state index is -0.349. The highest BCUT2D eigenvalue weighted by atomic mass is 35.5. The van der Waals surface area contributed by atoms with Gasteiger partial charge in [-0.3, -0.25) is 4.90 Å². The predicted octanol–water partition coefficient (Wildman–Crippen LogP) is 2.17. The second kappa shape index (κ2) is 3.84. The van der Waals surface area contributed by atoms with E-state index in [9.17, 15) is 4.39 Å². The summed E-state index contributed by atoms with van der Waals surface area (Å²) in [6.45, 7) is 0. The fraction of sp³-hybridized carbons (Fsp3) is 0.222. The molecule has 1 unspecified atom stereocenters. The van der Waals surface area contributed by atoms with Crippen LogP contribution in [0.1, 0.15) is 0 Å². The number of halogens is 2. The van der Waals surface area contributed by atoms with Crippen LogP contribution in [0.15, 0.2) is 29.4 Å². The molecule has 1 aliphatic rings. The Kier molecular flexibility index (Phi) is 2.54. The number of anilines is 1. The second-order valence-corrected chi connectivity index (χ2v) is 3.13. The van der Waals surface area contributed by atoms with E-state index in [1.165, 1.54) is 18.5 Å². The first-order chi connectivity index (χ1) is 6.81. The van der Waals surface area contributed by atoms with Gasteiger partial charge in [-0.05, 0) is 18.2 Å². The smallest absolute Gasteiger partial charge is 0.218 e. The first-order valence-electron chi connectivity index (χ1n) is 4.10. The van der Waals surface area contributed by atoms with Gasteiger partial charge in [-0.15, -0.1) is 11.6 Å². The first kappa shape index (κ1) is 9.27. The van der Waals surface area contributed by atoms with E-state index in [1.54, 1.807) is 17.0 Å². The van der Waals surface area contributed by atoms with Crippen LogP contribution in [-0.2, 0) is 4.84 Å². The molecule has 2 rings (SSSR count). The predicted molar refractivity (Wildman–Crippen MR) is 53.0 cm³/mol. The third kappa shape index (κ3) is 1.65. The van der Waals surface area contributed by atoms with Crippen molar-refractivity contribution >= 4 is 23.6 Å². The average Bonchev–Trinajstić information content (AvgIpc) is 2.65. The Morgan fingerprint density at radius 1 is 1.57 bits per heavy atom. The van der Waals surface area contributed by atoms with Crippen molar-refractivity contribution < 1.29 is 9.23 Å². The number of oxime groups is 1. The number of hydrogen-bond donors (Lipinski definition) is 0. The minimum absolute atomic E-state index is 0.274. The summed E-state index contributed by atoms with van der Waals surface area (Å²) >= 11 is 5.65. The molecule has 1 atom stereocenters. The summed E-state index contributed by atoms with van der Waals surface area (Å²) < 4.78 is 12.9. The van der Waals surface area contributed by atoms with E-state index in [1.807, 2.05) is 0 Å². The number of hydrogen-bond acceptors (Lipinski definition) is 3. The zero-order valence-electron chi connectivity index (χ0n) is 7.23. The molecule has 0 N–H and O–H groups in total. The largest absolute Gasteiger partial charge is 0.367 e. The summed E-state index contributed by atoms with van der Waals surface area (Å²) in [5, 5.41) is 3.62. The van der Waals surface area contributed by atoms with Gasteiger partial charge >= 0.3 is 0 Å². The summed E-state index contributed by atoms with van der Waals surface area (Å²) in [7, 11) is 0. The van der Waals surface area contributed by atoms with E-state index < -0.39 is 0 Å². The Labute approximate surface area is 85.7 Å². The van der Waals surface area contributed by atoms with Gasteiger partial charge in [-0.2, -0.15) is 0 Å². The van der Waals surface area contributed by atoms with Crippen LogP contribution in [0, 0.1) is 5.82 Å². The number of nitrogens with zero attached hydrogens (tertiary/aromatic N) is 2. The summed E-state index contributed by atoms with van der Waals surface area (Å²) in [4.78, 5) is 6.63. The van der Waals surface area contributed by atoms with Crippen LogP contribution in [-0.4, -0.2) is 18.4 Å². The van der Waals surface area contributed by atoms with Crippen molar-refractivity contribution in [3.63, 3.8) is 0 Å². The molecule has 0 spiro atoms. The molecule has 0 bridgehead atoms. The number of alkyl halides is 1. The molecular weight excluding hydrogens is 207 g/mol. The summed E-state index contributed by atoms with van der Waals surface area (Å²) in [5.41, 5.74) is 0.678. The molecule has 3 nitrogen and oxygen atoms in total. The number of benzene rings is 1. The summed E-state index contributed by atoms with van der Waals surface area (Å²) in [5.74, 6) is -0.0209. The average molecular weight is 215 g/mol. The zero-order valence-corrected chi connectivity index (χ0v) is 7.99. The lowest BCUT2D eigenvalue weighted by molar-refractivity contribution is 0.103. The fourth-order valence-corrected chi connectivity index (χ4v) is 1.45. The van der Waals surface area contributed by atoms with E-state index in [0.29, 0.717) is 5.69 Å². The van der Waals surface area contributed by atoms with E-state index in [2.05, 4.69) is 5.16 Å².